The highest BCUT2D eigenvalue weighted by Crippen LogP contribution is 2.25. The third kappa shape index (κ3) is 3.25. The number of non-ortho nitro benzene ring substituents is 1. The van der Waals surface area contributed by atoms with E-state index in [4.69, 9.17) is 4.74 Å². The Balaban J connectivity index is 1.61. The summed E-state index contributed by atoms with van der Waals surface area (Å²) in [6, 6.07) is 21.3. The lowest BCUT2D eigenvalue weighted by Gasteiger charge is -2.12. The van der Waals surface area contributed by atoms with E-state index in [2.05, 4.69) is 0 Å². The number of fused-ring (bicyclic) bond motifs is 2. The van der Waals surface area contributed by atoms with Gasteiger partial charge in [0.2, 0.25) is 0 Å². The Bertz CT molecular complexity index is 1210. The molecule has 1 heterocycles. The third-order valence-electron chi connectivity index (χ3n) is 4.51. The SMILES string of the molecule is O=c1ccc2cc([N+](=O)[O-])ccc2n1CCOc1cccc2ccccc12. The van der Waals surface area contributed by atoms with Crippen LogP contribution in [-0.4, -0.2) is 16.1 Å². The zero-order valence-corrected chi connectivity index (χ0v) is 14.4. The molecule has 6 heteroatoms. The molecule has 0 saturated carbocycles. The van der Waals surface area contributed by atoms with Gasteiger partial charge in [0.25, 0.3) is 11.2 Å². The highest BCUT2D eigenvalue weighted by atomic mass is 16.6. The zero-order valence-electron chi connectivity index (χ0n) is 14.4. The molecular formula is C21H16N2O4. The molecule has 1 aromatic heterocycles. The highest BCUT2D eigenvalue weighted by molar-refractivity contribution is 5.88. The maximum atomic E-state index is 12.3. The lowest BCUT2D eigenvalue weighted by Crippen LogP contribution is -2.22. The molecule has 0 radical (unpaired) electrons. The number of nitro groups is 1. The second kappa shape index (κ2) is 6.92. The van der Waals surface area contributed by atoms with E-state index in [1.807, 2.05) is 42.5 Å². The van der Waals surface area contributed by atoms with Crippen molar-refractivity contribution < 1.29 is 9.66 Å². The normalized spacial score (nSPS) is 11.0. The first-order valence-corrected chi connectivity index (χ1v) is 8.52. The Morgan fingerprint density at radius 2 is 1.74 bits per heavy atom. The lowest BCUT2D eigenvalue weighted by atomic mass is 10.1. The smallest absolute Gasteiger partial charge is 0.270 e. The fourth-order valence-electron chi connectivity index (χ4n) is 3.20. The molecule has 134 valence electrons. The van der Waals surface area contributed by atoms with Crippen LogP contribution in [0.25, 0.3) is 21.7 Å². The third-order valence-corrected chi connectivity index (χ3v) is 4.51. The summed E-state index contributed by atoms with van der Waals surface area (Å²) in [6.07, 6.45) is 0. The molecule has 0 amide bonds. The van der Waals surface area contributed by atoms with Gasteiger partial charge >= 0.3 is 0 Å². The minimum atomic E-state index is -0.446. The van der Waals surface area contributed by atoms with Crippen LogP contribution >= 0.6 is 0 Å². The van der Waals surface area contributed by atoms with E-state index >= 15 is 0 Å². The van der Waals surface area contributed by atoms with Gasteiger partial charge in [0.05, 0.1) is 17.0 Å². The summed E-state index contributed by atoms with van der Waals surface area (Å²) in [5.41, 5.74) is 0.479. The predicted molar refractivity (Wildman–Crippen MR) is 104 cm³/mol. The van der Waals surface area contributed by atoms with Crippen molar-refractivity contribution in [3.8, 4) is 5.75 Å². The van der Waals surface area contributed by atoms with E-state index in [1.165, 1.54) is 18.2 Å². The van der Waals surface area contributed by atoms with Crippen molar-refractivity contribution in [3.05, 3.63) is 93.3 Å². The highest BCUT2D eigenvalue weighted by Gasteiger charge is 2.10. The van der Waals surface area contributed by atoms with Crippen LogP contribution < -0.4 is 10.3 Å². The molecular weight excluding hydrogens is 344 g/mol. The number of nitrogens with zero attached hydrogens (tertiary/aromatic N) is 2. The fourth-order valence-corrected chi connectivity index (χ4v) is 3.20. The minimum absolute atomic E-state index is 0.000274. The Morgan fingerprint density at radius 1 is 0.926 bits per heavy atom. The van der Waals surface area contributed by atoms with Crippen molar-refractivity contribution in [2.75, 3.05) is 6.61 Å². The van der Waals surface area contributed by atoms with E-state index in [0.29, 0.717) is 24.1 Å². The molecule has 0 atom stereocenters. The van der Waals surface area contributed by atoms with Gasteiger partial charge in [0.1, 0.15) is 12.4 Å². The predicted octanol–water partition coefficient (Wildman–Crippen LogP) is 4.14. The summed E-state index contributed by atoms with van der Waals surface area (Å²) in [5.74, 6) is 0.761. The lowest BCUT2D eigenvalue weighted by molar-refractivity contribution is -0.384. The van der Waals surface area contributed by atoms with Gasteiger partial charge in [-0.2, -0.15) is 0 Å². The number of aromatic nitrogens is 1. The standard InChI is InChI=1S/C21H16N2O4/c24-21-11-8-16-14-17(23(25)26)9-10-19(16)22(21)12-13-27-20-7-3-5-15-4-1-2-6-18(15)20/h1-11,14H,12-13H2. The number of rotatable bonds is 5. The van der Waals surface area contributed by atoms with E-state index in [9.17, 15) is 14.9 Å². The van der Waals surface area contributed by atoms with E-state index in [0.717, 1.165) is 16.5 Å². The summed E-state index contributed by atoms with van der Waals surface area (Å²) in [4.78, 5) is 22.8. The van der Waals surface area contributed by atoms with E-state index in [1.54, 1.807) is 16.7 Å². The first-order chi connectivity index (χ1) is 13.1. The number of hydrogen-bond acceptors (Lipinski definition) is 4. The van der Waals surface area contributed by atoms with Crippen molar-refractivity contribution in [1.29, 1.82) is 0 Å². The van der Waals surface area contributed by atoms with Crippen molar-refractivity contribution in [3.63, 3.8) is 0 Å². The number of nitro benzene ring substituents is 1. The molecule has 6 nitrogen and oxygen atoms in total. The van der Waals surface area contributed by atoms with Gasteiger partial charge < -0.3 is 9.30 Å². The van der Waals surface area contributed by atoms with E-state index < -0.39 is 4.92 Å². The molecule has 0 spiro atoms. The van der Waals surface area contributed by atoms with Crippen LogP contribution in [0, 0.1) is 10.1 Å². The van der Waals surface area contributed by atoms with Gasteiger partial charge in [0, 0.05) is 29.0 Å². The van der Waals surface area contributed by atoms with Gasteiger partial charge in [0.15, 0.2) is 0 Å². The van der Waals surface area contributed by atoms with Crippen LogP contribution in [-0.2, 0) is 6.54 Å². The van der Waals surface area contributed by atoms with Gasteiger partial charge in [-0.15, -0.1) is 0 Å². The summed E-state index contributed by atoms with van der Waals surface area (Å²) in [5, 5.41) is 13.7. The average Bonchev–Trinajstić information content (AvgIpc) is 2.69. The Labute approximate surface area is 154 Å². The van der Waals surface area contributed by atoms with Gasteiger partial charge in [-0.25, -0.2) is 0 Å². The first-order valence-electron chi connectivity index (χ1n) is 8.52. The number of benzene rings is 3. The molecule has 0 bridgehead atoms. The number of hydrogen-bond donors (Lipinski definition) is 0. The van der Waals surface area contributed by atoms with Crippen LogP contribution in [0.5, 0.6) is 5.75 Å². The Kier molecular flexibility index (Phi) is 4.30. The number of pyridine rings is 1. The van der Waals surface area contributed by atoms with E-state index in [-0.39, 0.29) is 11.2 Å². The molecule has 0 unspecified atom stereocenters. The monoisotopic (exact) mass is 360 g/mol. The molecule has 0 N–H and O–H groups in total. The quantitative estimate of drug-likeness (QED) is 0.396. The van der Waals surface area contributed by atoms with Crippen molar-refractivity contribution in [2.45, 2.75) is 6.54 Å². The molecule has 0 aliphatic heterocycles. The van der Waals surface area contributed by atoms with Crippen LogP contribution in [0.3, 0.4) is 0 Å². The summed E-state index contributed by atoms with van der Waals surface area (Å²) in [7, 11) is 0. The van der Waals surface area contributed by atoms with Crippen LogP contribution in [0.2, 0.25) is 0 Å². The summed E-state index contributed by atoms with van der Waals surface area (Å²) < 4.78 is 7.49. The van der Waals surface area contributed by atoms with Crippen molar-refractivity contribution in [2.24, 2.45) is 0 Å². The Hall–Kier alpha value is -3.67. The zero-order chi connectivity index (χ0) is 18.8. The van der Waals surface area contributed by atoms with Crippen molar-refractivity contribution in [1.82, 2.24) is 4.57 Å². The molecule has 4 rings (SSSR count). The second-order valence-electron chi connectivity index (χ2n) is 6.15. The molecule has 27 heavy (non-hydrogen) atoms. The maximum absolute atomic E-state index is 12.3. The molecule has 4 aromatic rings. The van der Waals surface area contributed by atoms with Crippen LogP contribution in [0.4, 0.5) is 5.69 Å². The summed E-state index contributed by atoms with van der Waals surface area (Å²) in [6.45, 7) is 0.654. The average molecular weight is 360 g/mol. The molecule has 3 aromatic carbocycles. The largest absolute Gasteiger partial charge is 0.491 e. The molecule has 0 aliphatic carbocycles. The second-order valence-corrected chi connectivity index (χ2v) is 6.15. The molecule has 0 saturated heterocycles. The fraction of sp³-hybridized carbons (Fsp3) is 0.0952. The topological polar surface area (TPSA) is 74.4 Å². The minimum Gasteiger partial charge on any atom is -0.491 e. The first kappa shape index (κ1) is 16.8. The summed E-state index contributed by atoms with van der Waals surface area (Å²) >= 11 is 0. The number of ether oxygens (including phenoxy) is 1. The van der Waals surface area contributed by atoms with Crippen LogP contribution in [0.1, 0.15) is 0 Å². The van der Waals surface area contributed by atoms with Crippen LogP contribution in [0.15, 0.2) is 77.6 Å². The van der Waals surface area contributed by atoms with Gasteiger partial charge in [-0.1, -0.05) is 36.4 Å². The molecule has 0 aliphatic rings. The Morgan fingerprint density at radius 3 is 2.59 bits per heavy atom. The van der Waals surface area contributed by atoms with Crippen molar-refractivity contribution >= 4 is 27.4 Å². The van der Waals surface area contributed by atoms with Gasteiger partial charge in [-0.3, -0.25) is 14.9 Å². The van der Waals surface area contributed by atoms with Gasteiger partial charge in [-0.05, 0) is 23.6 Å². The molecule has 0 fully saturated rings. The maximum Gasteiger partial charge on any atom is 0.270 e.